The van der Waals surface area contributed by atoms with Crippen molar-refractivity contribution in [1.82, 2.24) is 9.97 Å². The average Bonchev–Trinajstić information content (AvgIpc) is 2.49. The number of nitrogen functional groups attached to an aromatic ring is 1. The minimum atomic E-state index is 0. The van der Waals surface area contributed by atoms with E-state index in [2.05, 4.69) is 24.8 Å². The summed E-state index contributed by atoms with van der Waals surface area (Å²) in [6.07, 6.45) is 5.28. The van der Waals surface area contributed by atoms with E-state index in [1.165, 1.54) is 0 Å². The summed E-state index contributed by atoms with van der Waals surface area (Å²) in [5, 5.41) is 0. The maximum absolute atomic E-state index is 5.63. The van der Waals surface area contributed by atoms with Crippen molar-refractivity contribution >= 4 is 17.5 Å². The van der Waals surface area contributed by atoms with Crippen molar-refractivity contribution in [3.63, 3.8) is 0 Å². The molecule has 2 aromatic heterocycles. The number of hydrogen-bond donors (Lipinski definition) is 1. The van der Waals surface area contributed by atoms with Crippen LogP contribution < -0.4 is 20.5 Å². The third-order valence-corrected chi connectivity index (χ3v) is 3.26. The zero-order chi connectivity index (χ0) is 13.1. The first kappa shape index (κ1) is 16.6. The SMILES string of the molecule is Nc1cnc(N2CCN(c3ccccn3)CC2)[nH+]c1.O.[OH-]. The van der Waals surface area contributed by atoms with Crippen LogP contribution in [0.25, 0.3) is 0 Å². The first-order valence-electron chi connectivity index (χ1n) is 6.37. The fourth-order valence-corrected chi connectivity index (χ4v) is 2.22. The number of aromatic amines is 1. The quantitative estimate of drug-likeness (QED) is 0.770. The van der Waals surface area contributed by atoms with E-state index in [1.807, 2.05) is 24.4 Å². The third kappa shape index (κ3) is 3.77. The van der Waals surface area contributed by atoms with Crippen LogP contribution in [0.5, 0.6) is 0 Å². The summed E-state index contributed by atoms with van der Waals surface area (Å²) >= 11 is 0. The number of piperazine rings is 1. The molecule has 8 heteroatoms. The van der Waals surface area contributed by atoms with E-state index < -0.39 is 0 Å². The largest absolute Gasteiger partial charge is 0.870 e. The van der Waals surface area contributed by atoms with Crippen LogP contribution in [0.1, 0.15) is 0 Å². The van der Waals surface area contributed by atoms with E-state index >= 15 is 0 Å². The summed E-state index contributed by atoms with van der Waals surface area (Å²) in [6, 6.07) is 6.00. The maximum Gasteiger partial charge on any atom is 0.391 e. The fourth-order valence-electron chi connectivity index (χ4n) is 2.22. The number of hydrogen-bond acceptors (Lipinski definition) is 6. The molecular weight excluding hydrogens is 272 g/mol. The number of H-pyrrole nitrogens is 1. The Morgan fingerprint density at radius 3 is 2.33 bits per heavy atom. The lowest BCUT2D eigenvalue weighted by atomic mass is 10.3. The summed E-state index contributed by atoms with van der Waals surface area (Å²) in [5.41, 5.74) is 6.27. The van der Waals surface area contributed by atoms with Gasteiger partial charge >= 0.3 is 5.95 Å². The first-order chi connectivity index (χ1) is 9.33. The molecule has 1 aliphatic rings. The molecule has 21 heavy (non-hydrogen) atoms. The minimum Gasteiger partial charge on any atom is -0.870 e. The van der Waals surface area contributed by atoms with E-state index in [4.69, 9.17) is 5.73 Å². The Balaban J connectivity index is 0.00000110. The van der Waals surface area contributed by atoms with Gasteiger partial charge in [-0.05, 0) is 12.1 Å². The van der Waals surface area contributed by atoms with Gasteiger partial charge in [0.15, 0.2) is 0 Å². The number of anilines is 3. The van der Waals surface area contributed by atoms with Gasteiger partial charge in [-0.3, -0.25) is 4.90 Å². The molecule has 1 fully saturated rings. The number of rotatable bonds is 2. The molecule has 6 N–H and O–H groups in total. The van der Waals surface area contributed by atoms with Crippen molar-refractivity contribution in [2.24, 2.45) is 0 Å². The molecule has 0 aliphatic carbocycles. The second-order valence-corrected chi connectivity index (χ2v) is 4.53. The van der Waals surface area contributed by atoms with Crippen LogP contribution in [-0.2, 0) is 0 Å². The molecule has 0 aromatic carbocycles. The summed E-state index contributed by atoms with van der Waals surface area (Å²) < 4.78 is 0. The molecule has 1 saturated heterocycles. The van der Waals surface area contributed by atoms with Crippen molar-refractivity contribution in [3.05, 3.63) is 36.8 Å². The van der Waals surface area contributed by atoms with E-state index in [1.54, 1.807) is 12.4 Å². The van der Waals surface area contributed by atoms with Crippen LogP contribution in [0.3, 0.4) is 0 Å². The lowest BCUT2D eigenvalue weighted by Gasteiger charge is -2.31. The zero-order valence-electron chi connectivity index (χ0n) is 11.6. The van der Waals surface area contributed by atoms with Gasteiger partial charge in [0.1, 0.15) is 12.0 Å². The minimum absolute atomic E-state index is 0. The van der Waals surface area contributed by atoms with Crippen LogP contribution in [0.4, 0.5) is 17.5 Å². The van der Waals surface area contributed by atoms with Gasteiger partial charge in [-0.1, -0.05) is 11.1 Å². The first-order valence-corrected chi connectivity index (χ1v) is 6.37. The predicted octanol–water partition coefficient (Wildman–Crippen LogP) is -0.802. The molecule has 0 amide bonds. The molecule has 3 rings (SSSR count). The van der Waals surface area contributed by atoms with Gasteiger partial charge < -0.3 is 21.6 Å². The van der Waals surface area contributed by atoms with Crippen molar-refractivity contribution in [2.45, 2.75) is 0 Å². The molecule has 8 nitrogen and oxygen atoms in total. The molecule has 0 unspecified atom stereocenters. The average molecular weight is 292 g/mol. The zero-order valence-corrected chi connectivity index (χ0v) is 11.6. The molecule has 1 aliphatic heterocycles. The summed E-state index contributed by atoms with van der Waals surface area (Å²) in [5.74, 6) is 1.91. The van der Waals surface area contributed by atoms with Gasteiger partial charge in [0.2, 0.25) is 0 Å². The van der Waals surface area contributed by atoms with Gasteiger partial charge in [0.05, 0.1) is 38.1 Å². The number of nitrogens with two attached hydrogens (primary N) is 1. The Labute approximate surface area is 122 Å². The fraction of sp³-hybridized carbons (Fsp3) is 0.308. The van der Waals surface area contributed by atoms with E-state index in [9.17, 15) is 0 Å². The van der Waals surface area contributed by atoms with Crippen LogP contribution in [0.2, 0.25) is 0 Å². The molecule has 0 atom stereocenters. The summed E-state index contributed by atoms with van der Waals surface area (Å²) in [6.45, 7) is 3.72. The Bertz CT molecular complexity index is 528. The molecule has 0 spiro atoms. The van der Waals surface area contributed by atoms with Gasteiger partial charge in [0, 0.05) is 6.20 Å². The van der Waals surface area contributed by atoms with Crippen LogP contribution in [-0.4, -0.2) is 47.1 Å². The maximum atomic E-state index is 5.63. The highest BCUT2D eigenvalue weighted by atomic mass is 16.0. The third-order valence-electron chi connectivity index (χ3n) is 3.26. The van der Waals surface area contributed by atoms with Crippen LogP contribution in [0, 0.1) is 0 Å². The van der Waals surface area contributed by atoms with Crippen molar-refractivity contribution in [1.29, 1.82) is 0 Å². The van der Waals surface area contributed by atoms with Crippen LogP contribution in [0.15, 0.2) is 36.8 Å². The second kappa shape index (κ2) is 7.36. The van der Waals surface area contributed by atoms with Gasteiger partial charge in [-0.2, -0.15) is 0 Å². The molecule has 2 aromatic rings. The van der Waals surface area contributed by atoms with Crippen molar-refractivity contribution in [2.75, 3.05) is 41.7 Å². The monoisotopic (exact) mass is 292 g/mol. The molecule has 0 radical (unpaired) electrons. The molecule has 0 saturated carbocycles. The summed E-state index contributed by atoms with van der Waals surface area (Å²) in [7, 11) is 0. The van der Waals surface area contributed by atoms with Gasteiger partial charge in [-0.15, -0.1) is 0 Å². The number of aromatic nitrogens is 3. The number of pyridine rings is 1. The molecule has 3 heterocycles. The topological polar surface area (TPSA) is 134 Å². The second-order valence-electron chi connectivity index (χ2n) is 4.53. The highest BCUT2D eigenvalue weighted by Crippen LogP contribution is 2.14. The Kier molecular flexibility index (Phi) is 5.82. The highest BCUT2D eigenvalue weighted by molar-refractivity contribution is 5.41. The molecular formula is C13H20N6O2. The van der Waals surface area contributed by atoms with Gasteiger partial charge in [0.25, 0.3) is 0 Å². The molecule has 0 bridgehead atoms. The lowest BCUT2D eigenvalue weighted by Crippen LogP contribution is -2.48. The Morgan fingerprint density at radius 2 is 1.76 bits per heavy atom. The summed E-state index contributed by atoms with van der Waals surface area (Å²) in [4.78, 5) is 16.3. The highest BCUT2D eigenvalue weighted by Gasteiger charge is 2.24. The lowest BCUT2D eigenvalue weighted by molar-refractivity contribution is -0.367. The van der Waals surface area contributed by atoms with Crippen molar-refractivity contribution < 1.29 is 15.9 Å². The van der Waals surface area contributed by atoms with E-state index in [0.717, 1.165) is 37.9 Å². The molecule has 114 valence electrons. The van der Waals surface area contributed by atoms with Gasteiger partial charge in [-0.25, -0.2) is 9.97 Å². The Morgan fingerprint density at radius 1 is 1.05 bits per heavy atom. The number of nitrogens with one attached hydrogen (secondary N) is 1. The normalized spacial score (nSPS) is 14.1. The van der Waals surface area contributed by atoms with Crippen molar-refractivity contribution in [3.8, 4) is 0 Å². The van der Waals surface area contributed by atoms with E-state index in [0.29, 0.717) is 5.69 Å². The number of nitrogens with zero attached hydrogens (tertiary/aromatic N) is 4. The smallest absolute Gasteiger partial charge is 0.391 e. The van der Waals surface area contributed by atoms with E-state index in [-0.39, 0.29) is 11.0 Å². The standard InChI is InChI=1S/C13H16N6.2H2O/c14-11-9-16-13(17-10-11)19-7-5-18(6-8-19)12-3-1-2-4-15-12;;/h1-4,9-10H,5-8,14H2;2*1H2. The van der Waals surface area contributed by atoms with Crippen LogP contribution >= 0.6 is 0 Å². The predicted molar refractivity (Wildman–Crippen MR) is 79.4 cm³/mol. The Hall–Kier alpha value is -2.45.